The van der Waals surface area contributed by atoms with Gasteiger partial charge in [0.15, 0.2) is 0 Å². The molecule has 122 valence electrons. The Balaban J connectivity index is 1.73. The van der Waals surface area contributed by atoms with Crippen LogP contribution in [0.25, 0.3) is 10.8 Å². The molecule has 4 nitrogen and oxygen atoms in total. The number of carbonyl (C=O) groups is 1. The molecule has 23 heavy (non-hydrogen) atoms. The van der Waals surface area contributed by atoms with E-state index < -0.39 is 6.10 Å². The van der Waals surface area contributed by atoms with Gasteiger partial charge in [-0.1, -0.05) is 49.4 Å². The highest BCUT2D eigenvalue weighted by molar-refractivity contribution is 5.86. The Hall–Kier alpha value is -2.07. The third-order valence-corrected chi connectivity index (χ3v) is 4.84. The summed E-state index contributed by atoms with van der Waals surface area (Å²) in [7, 11) is 0. The monoisotopic (exact) mass is 312 g/mol. The van der Waals surface area contributed by atoms with Gasteiger partial charge in [-0.2, -0.15) is 0 Å². The predicted octanol–water partition coefficient (Wildman–Crippen LogP) is 3.31. The SMILES string of the molecule is CC(NC(=O)N1CCC(C)C(O)C1)c1cccc2ccccc12. The van der Waals surface area contributed by atoms with E-state index in [1.54, 1.807) is 4.90 Å². The van der Waals surface area contributed by atoms with Crippen molar-refractivity contribution in [2.45, 2.75) is 32.4 Å². The van der Waals surface area contributed by atoms with E-state index in [1.807, 2.05) is 32.0 Å². The van der Waals surface area contributed by atoms with Crippen LogP contribution in [0, 0.1) is 5.92 Å². The van der Waals surface area contributed by atoms with Crippen molar-refractivity contribution < 1.29 is 9.90 Å². The summed E-state index contributed by atoms with van der Waals surface area (Å²) in [6, 6.07) is 14.2. The quantitative estimate of drug-likeness (QED) is 0.894. The summed E-state index contributed by atoms with van der Waals surface area (Å²) in [6.07, 6.45) is 0.416. The van der Waals surface area contributed by atoms with Gasteiger partial charge in [0.2, 0.25) is 0 Å². The van der Waals surface area contributed by atoms with Gasteiger partial charge in [0.1, 0.15) is 0 Å². The van der Waals surface area contributed by atoms with E-state index >= 15 is 0 Å². The second kappa shape index (κ2) is 6.59. The average molecular weight is 312 g/mol. The van der Waals surface area contributed by atoms with Gasteiger partial charge in [-0.3, -0.25) is 0 Å². The topological polar surface area (TPSA) is 52.6 Å². The van der Waals surface area contributed by atoms with Gasteiger partial charge >= 0.3 is 6.03 Å². The van der Waals surface area contributed by atoms with Crippen LogP contribution in [0.1, 0.15) is 31.9 Å². The number of β-amino-alcohol motifs (C(OH)–C–C–N with tert-alkyl or cyclic N) is 1. The summed E-state index contributed by atoms with van der Waals surface area (Å²) >= 11 is 0. The molecular formula is C19H24N2O2. The maximum absolute atomic E-state index is 12.5. The van der Waals surface area contributed by atoms with Crippen molar-refractivity contribution in [3.8, 4) is 0 Å². The fourth-order valence-electron chi connectivity index (χ4n) is 3.22. The van der Waals surface area contributed by atoms with Crippen molar-refractivity contribution in [3.05, 3.63) is 48.0 Å². The van der Waals surface area contributed by atoms with Gasteiger partial charge in [-0.05, 0) is 35.6 Å². The number of hydrogen-bond acceptors (Lipinski definition) is 2. The fourth-order valence-corrected chi connectivity index (χ4v) is 3.22. The molecule has 0 aliphatic carbocycles. The predicted molar refractivity (Wildman–Crippen MR) is 92.3 cm³/mol. The normalized spacial score (nSPS) is 22.8. The number of hydrogen-bond donors (Lipinski definition) is 2. The lowest BCUT2D eigenvalue weighted by Crippen LogP contribution is -2.50. The number of aliphatic hydroxyl groups is 1. The minimum absolute atomic E-state index is 0.0786. The molecule has 0 bridgehead atoms. The number of fused-ring (bicyclic) bond motifs is 1. The average Bonchev–Trinajstić information content (AvgIpc) is 2.56. The Kier molecular flexibility index (Phi) is 4.53. The van der Waals surface area contributed by atoms with E-state index in [0.717, 1.165) is 17.4 Å². The standard InChI is InChI=1S/C19H24N2O2/c1-13-10-11-21(12-18(13)22)19(23)20-14(2)16-9-5-7-15-6-3-4-8-17(15)16/h3-9,13-14,18,22H,10-12H2,1-2H3,(H,20,23). The van der Waals surface area contributed by atoms with Crippen LogP contribution in [0.4, 0.5) is 4.79 Å². The molecule has 1 heterocycles. The number of carbonyl (C=O) groups excluding carboxylic acids is 1. The van der Waals surface area contributed by atoms with Gasteiger partial charge in [-0.15, -0.1) is 0 Å². The van der Waals surface area contributed by atoms with Crippen LogP contribution in [0.3, 0.4) is 0 Å². The molecule has 0 saturated carbocycles. The molecule has 1 aliphatic rings. The first-order chi connectivity index (χ1) is 11.1. The van der Waals surface area contributed by atoms with Gasteiger partial charge in [0.25, 0.3) is 0 Å². The van der Waals surface area contributed by atoms with Crippen molar-refractivity contribution in [1.29, 1.82) is 0 Å². The maximum Gasteiger partial charge on any atom is 0.317 e. The van der Waals surface area contributed by atoms with Crippen LogP contribution in [0.2, 0.25) is 0 Å². The third kappa shape index (κ3) is 3.32. The lowest BCUT2D eigenvalue weighted by atomic mass is 9.96. The van der Waals surface area contributed by atoms with Crippen molar-refractivity contribution in [2.75, 3.05) is 13.1 Å². The molecule has 2 aromatic rings. The first kappa shape index (κ1) is 15.8. The summed E-state index contributed by atoms with van der Waals surface area (Å²) in [4.78, 5) is 14.2. The number of nitrogens with one attached hydrogen (secondary N) is 1. The molecule has 2 N–H and O–H groups in total. The number of nitrogens with zero attached hydrogens (tertiary/aromatic N) is 1. The Morgan fingerprint density at radius 2 is 2.00 bits per heavy atom. The van der Waals surface area contributed by atoms with Gasteiger partial charge < -0.3 is 15.3 Å². The zero-order valence-electron chi connectivity index (χ0n) is 13.7. The maximum atomic E-state index is 12.5. The molecule has 1 fully saturated rings. The molecule has 0 spiro atoms. The molecule has 3 atom stereocenters. The highest BCUT2D eigenvalue weighted by atomic mass is 16.3. The van der Waals surface area contributed by atoms with E-state index in [-0.39, 0.29) is 18.0 Å². The van der Waals surface area contributed by atoms with Gasteiger partial charge in [-0.25, -0.2) is 4.79 Å². The third-order valence-electron chi connectivity index (χ3n) is 4.84. The van der Waals surface area contributed by atoms with Crippen molar-refractivity contribution >= 4 is 16.8 Å². The molecule has 1 saturated heterocycles. The summed E-state index contributed by atoms with van der Waals surface area (Å²) in [5, 5.41) is 15.4. The van der Waals surface area contributed by atoms with Crippen molar-refractivity contribution in [1.82, 2.24) is 10.2 Å². The highest BCUT2D eigenvalue weighted by Crippen LogP contribution is 2.24. The van der Waals surface area contributed by atoms with Crippen LogP contribution in [0.15, 0.2) is 42.5 Å². The van der Waals surface area contributed by atoms with Gasteiger partial charge in [0.05, 0.1) is 12.1 Å². The molecule has 2 amide bonds. The van der Waals surface area contributed by atoms with Crippen LogP contribution in [0.5, 0.6) is 0 Å². The molecule has 0 aromatic heterocycles. The van der Waals surface area contributed by atoms with Crippen molar-refractivity contribution in [2.24, 2.45) is 5.92 Å². The minimum Gasteiger partial charge on any atom is -0.391 e. The second-order valence-electron chi connectivity index (χ2n) is 6.52. The zero-order valence-corrected chi connectivity index (χ0v) is 13.7. The smallest absolute Gasteiger partial charge is 0.317 e. The van der Waals surface area contributed by atoms with Crippen LogP contribution < -0.4 is 5.32 Å². The summed E-state index contributed by atoms with van der Waals surface area (Å²) < 4.78 is 0. The van der Waals surface area contributed by atoms with E-state index in [4.69, 9.17) is 0 Å². The molecular weight excluding hydrogens is 288 g/mol. The van der Waals surface area contributed by atoms with E-state index in [9.17, 15) is 9.90 Å². The van der Waals surface area contributed by atoms with Crippen LogP contribution >= 0.6 is 0 Å². The minimum atomic E-state index is -0.428. The highest BCUT2D eigenvalue weighted by Gasteiger charge is 2.28. The molecule has 1 aliphatic heterocycles. The Labute approximate surface area is 137 Å². The molecule has 3 rings (SSSR count). The number of rotatable bonds is 2. The molecule has 3 unspecified atom stereocenters. The zero-order chi connectivity index (χ0) is 16.4. The van der Waals surface area contributed by atoms with E-state index in [1.165, 1.54) is 5.39 Å². The number of aliphatic hydroxyl groups excluding tert-OH is 1. The number of amides is 2. The Morgan fingerprint density at radius 3 is 2.78 bits per heavy atom. The van der Waals surface area contributed by atoms with E-state index in [0.29, 0.717) is 13.1 Å². The molecule has 4 heteroatoms. The Morgan fingerprint density at radius 1 is 1.26 bits per heavy atom. The summed E-state index contributed by atoms with van der Waals surface area (Å²) in [6.45, 7) is 5.14. The molecule has 0 radical (unpaired) electrons. The van der Waals surface area contributed by atoms with Gasteiger partial charge in [0, 0.05) is 13.1 Å². The van der Waals surface area contributed by atoms with Crippen LogP contribution in [-0.4, -0.2) is 35.2 Å². The second-order valence-corrected chi connectivity index (χ2v) is 6.52. The summed E-state index contributed by atoms with van der Waals surface area (Å²) in [5.74, 6) is 0.259. The first-order valence-corrected chi connectivity index (χ1v) is 8.27. The number of benzene rings is 2. The van der Waals surface area contributed by atoms with E-state index in [2.05, 4.69) is 29.6 Å². The number of likely N-dealkylation sites (tertiary alicyclic amines) is 1. The largest absolute Gasteiger partial charge is 0.391 e. The fraction of sp³-hybridized carbons (Fsp3) is 0.421. The lowest BCUT2D eigenvalue weighted by molar-refractivity contribution is 0.0431. The van der Waals surface area contributed by atoms with Crippen molar-refractivity contribution in [3.63, 3.8) is 0 Å². The number of piperidine rings is 1. The Bertz CT molecular complexity index is 695. The molecule has 2 aromatic carbocycles. The van der Waals surface area contributed by atoms with Crippen LogP contribution in [-0.2, 0) is 0 Å². The first-order valence-electron chi connectivity index (χ1n) is 8.27. The number of urea groups is 1. The lowest BCUT2D eigenvalue weighted by Gasteiger charge is -2.35. The summed E-state index contributed by atoms with van der Waals surface area (Å²) in [5.41, 5.74) is 1.11.